The van der Waals surface area contributed by atoms with Crippen LogP contribution in [0.1, 0.15) is 5.69 Å². The Hall–Kier alpha value is -1.76. The average molecular weight is 288 g/mol. The van der Waals surface area contributed by atoms with Gasteiger partial charge in [-0.05, 0) is 6.92 Å². The summed E-state index contributed by atoms with van der Waals surface area (Å²) < 4.78 is 0. The Balaban J connectivity index is 1.47. The molecule has 2 saturated heterocycles. The van der Waals surface area contributed by atoms with Gasteiger partial charge in [-0.3, -0.25) is 0 Å². The topological polar surface area (TPSA) is 58.0 Å². The second-order valence-electron chi connectivity index (χ2n) is 5.57. The molecule has 0 amide bonds. The molecule has 2 atom stereocenters. The van der Waals surface area contributed by atoms with Gasteiger partial charge in [0.05, 0.1) is 0 Å². The zero-order valence-electron chi connectivity index (χ0n) is 11.3. The minimum absolute atomic E-state index is 0.703. The Bertz CT molecular complexity index is 587. The van der Waals surface area contributed by atoms with Crippen LogP contribution in [0.25, 0.3) is 0 Å². The third kappa shape index (κ3) is 2.02. The van der Waals surface area contributed by atoms with Crippen LogP contribution in [0.2, 0.25) is 0 Å². The lowest BCUT2D eigenvalue weighted by atomic mass is 10.0. The van der Waals surface area contributed by atoms with Crippen molar-refractivity contribution in [2.75, 3.05) is 36.0 Å². The van der Waals surface area contributed by atoms with E-state index >= 15 is 0 Å². The summed E-state index contributed by atoms with van der Waals surface area (Å²) in [4.78, 5) is 13.3. The quantitative estimate of drug-likeness (QED) is 0.828. The number of aryl methyl sites for hydroxylation is 1. The molecule has 4 rings (SSSR count). The third-order valence-corrected chi connectivity index (χ3v) is 4.97. The first kappa shape index (κ1) is 12.0. The molecule has 0 radical (unpaired) electrons. The van der Waals surface area contributed by atoms with E-state index in [1.165, 1.54) is 0 Å². The minimum Gasteiger partial charge on any atom is -0.356 e. The molecule has 2 aromatic rings. The highest BCUT2D eigenvalue weighted by Crippen LogP contribution is 2.35. The molecule has 104 valence electrons. The molecular formula is C13H16N6S. The number of anilines is 2. The van der Waals surface area contributed by atoms with Crippen LogP contribution < -0.4 is 9.80 Å². The largest absolute Gasteiger partial charge is 0.356 e. The van der Waals surface area contributed by atoms with E-state index in [1.807, 2.05) is 6.92 Å². The molecule has 0 N–H and O–H groups in total. The zero-order chi connectivity index (χ0) is 13.5. The first-order chi connectivity index (χ1) is 9.79. The summed E-state index contributed by atoms with van der Waals surface area (Å²) in [5, 5.41) is 9.17. The molecule has 2 aliphatic rings. The van der Waals surface area contributed by atoms with Gasteiger partial charge in [0, 0.05) is 49.8 Å². The van der Waals surface area contributed by atoms with Gasteiger partial charge in [-0.2, -0.15) is 0 Å². The van der Waals surface area contributed by atoms with Gasteiger partial charge in [0.15, 0.2) is 0 Å². The maximum atomic E-state index is 4.40. The van der Waals surface area contributed by atoms with Gasteiger partial charge >= 0.3 is 0 Å². The van der Waals surface area contributed by atoms with Crippen molar-refractivity contribution in [3.05, 3.63) is 23.6 Å². The molecule has 7 heteroatoms. The predicted molar refractivity (Wildman–Crippen MR) is 78.1 cm³/mol. The summed E-state index contributed by atoms with van der Waals surface area (Å²) in [5.74, 6) is 2.47. The van der Waals surface area contributed by atoms with Crippen molar-refractivity contribution in [1.29, 1.82) is 0 Å². The molecule has 2 fully saturated rings. The Morgan fingerprint density at radius 3 is 2.50 bits per heavy atom. The van der Waals surface area contributed by atoms with Crippen molar-refractivity contribution in [3.8, 4) is 0 Å². The maximum absolute atomic E-state index is 4.40. The molecule has 20 heavy (non-hydrogen) atoms. The van der Waals surface area contributed by atoms with Crippen LogP contribution in [0.5, 0.6) is 0 Å². The standard InChI is InChI=1S/C13H16N6S/c1-9-2-12(15-7-14-9)18-3-10-5-19(6-11(10)4-18)13-17-16-8-20-13/h2,7-8,10-11H,3-6H2,1H3. The number of rotatable bonds is 2. The summed E-state index contributed by atoms with van der Waals surface area (Å²) in [6.07, 6.45) is 1.66. The lowest BCUT2D eigenvalue weighted by molar-refractivity contribution is 0.533. The Morgan fingerprint density at radius 1 is 1.10 bits per heavy atom. The monoisotopic (exact) mass is 288 g/mol. The van der Waals surface area contributed by atoms with E-state index in [0.717, 1.165) is 42.8 Å². The summed E-state index contributed by atoms with van der Waals surface area (Å²) in [5.41, 5.74) is 2.84. The summed E-state index contributed by atoms with van der Waals surface area (Å²) in [6.45, 7) is 6.34. The van der Waals surface area contributed by atoms with Crippen molar-refractivity contribution in [3.63, 3.8) is 0 Å². The van der Waals surface area contributed by atoms with Gasteiger partial charge in [-0.1, -0.05) is 11.3 Å². The summed E-state index contributed by atoms with van der Waals surface area (Å²) >= 11 is 1.63. The van der Waals surface area contributed by atoms with Crippen molar-refractivity contribution >= 4 is 22.3 Å². The molecule has 0 saturated carbocycles. The highest BCUT2D eigenvalue weighted by molar-refractivity contribution is 7.13. The SMILES string of the molecule is Cc1cc(N2CC3CN(c4nncs4)CC3C2)ncn1. The van der Waals surface area contributed by atoms with Crippen molar-refractivity contribution in [1.82, 2.24) is 20.2 Å². The highest BCUT2D eigenvalue weighted by atomic mass is 32.1. The van der Waals surface area contributed by atoms with E-state index in [2.05, 4.69) is 36.0 Å². The Morgan fingerprint density at radius 2 is 1.85 bits per heavy atom. The molecule has 2 aromatic heterocycles. The second-order valence-corrected chi connectivity index (χ2v) is 6.38. The zero-order valence-corrected chi connectivity index (χ0v) is 12.1. The molecule has 6 nitrogen and oxygen atoms in total. The van der Waals surface area contributed by atoms with Crippen molar-refractivity contribution in [2.45, 2.75) is 6.92 Å². The smallest absolute Gasteiger partial charge is 0.208 e. The van der Waals surface area contributed by atoms with Crippen LogP contribution >= 0.6 is 11.3 Å². The number of fused-ring (bicyclic) bond motifs is 1. The normalized spacial score (nSPS) is 25.2. The first-order valence-corrected chi connectivity index (χ1v) is 7.72. The van der Waals surface area contributed by atoms with E-state index in [1.54, 1.807) is 23.2 Å². The van der Waals surface area contributed by atoms with Crippen LogP contribution in [-0.4, -0.2) is 46.3 Å². The lowest BCUT2D eigenvalue weighted by Gasteiger charge is -2.21. The van der Waals surface area contributed by atoms with Crippen LogP contribution in [-0.2, 0) is 0 Å². The molecule has 2 aliphatic heterocycles. The fraction of sp³-hybridized carbons (Fsp3) is 0.538. The van der Waals surface area contributed by atoms with Gasteiger partial charge in [0.25, 0.3) is 0 Å². The molecule has 0 aromatic carbocycles. The van der Waals surface area contributed by atoms with Crippen LogP contribution in [0, 0.1) is 18.8 Å². The molecular weight excluding hydrogens is 272 g/mol. The van der Waals surface area contributed by atoms with Gasteiger partial charge in [0.1, 0.15) is 17.7 Å². The number of aromatic nitrogens is 4. The fourth-order valence-electron chi connectivity index (χ4n) is 3.25. The summed E-state index contributed by atoms with van der Waals surface area (Å²) in [7, 11) is 0. The van der Waals surface area contributed by atoms with Gasteiger partial charge in [-0.15, -0.1) is 10.2 Å². The van der Waals surface area contributed by atoms with E-state index in [-0.39, 0.29) is 0 Å². The van der Waals surface area contributed by atoms with Gasteiger partial charge < -0.3 is 9.80 Å². The van der Waals surface area contributed by atoms with E-state index in [4.69, 9.17) is 0 Å². The van der Waals surface area contributed by atoms with E-state index in [9.17, 15) is 0 Å². The Kier molecular flexibility index (Phi) is 2.80. The van der Waals surface area contributed by atoms with Crippen LogP contribution in [0.4, 0.5) is 10.9 Å². The molecule has 0 bridgehead atoms. The Labute approximate surface area is 121 Å². The van der Waals surface area contributed by atoms with Crippen LogP contribution in [0.15, 0.2) is 17.9 Å². The van der Waals surface area contributed by atoms with Crippen LogP contribution in [0.3, 0.4) is 0 Å². The maximum Gasteiger partial charge on any atom is 0.208 e. The molecule has 0 aliphatic carbocycles. The van der Waals surface area contributed by atoms with Crippen molar-refractivity contribution < 1.29 is 0 Å². The van der Waals surface area contributed by atoms with E-state index in [0.29, 0.717) is 11.8 Å². The molecule has 0 spiro atoms. The van der Waals surface area contributed by atoms with Gasteiger partial charge in [-0.25, -0.2) is 9.97 Å². The second kappa shape index (κ2) is 4.66. The fourth-order valence-corrected chi connectivity index (χ4v) is 3.84. The predicted octanol–water partition coefficient (Wildman–Crippen LogP) is 1.21. The molecule has 2 unspecified atom stereocenters. The minimum atomic E-state index is 0.703. The molecule has 4 heterocycles. The lowest BCUT2D eigenvalue weighted by Crippen LogP contribution is -2.29. The van der Waals surface area contributed by atoms with E-state index < -0.39 is 0 Å². The average Bonchev–Trinajstić information content (AvgIpc) is 3.13. The van der Waals surface area contributed by atoms with Gasteiger partial charge in [0.2, 0.25) is 5.13 Å². The number of hydrogen-bond donors (Lipinski definition) is 0. The number of nitrogens with zero attached hydrogens (tertiary/aromatic N) is 6. The third-order valence-electron chi connectivity index (χ3n) is 4.22. The van der Waals surface area contributed by atoms with Crippen molar-refractivity contribution in [2.24, 2.45) is 11.8 Å². The first-order valence-electron chi connectivity index (χ1n) is 6.84. The highest BCUT2D eigenvalue weighted by Gasteiger charge is 2.41. The number of hydrogen-bond acceptors (Lipinski definition) is 7. The summed E-state index contributed by atoms with van der Waals surface area (Å²) in [6, 6.07) is 2.07.